The van der Waals surface area contributed by atoms with Crippen molar-refractivity contribution in [1.82, 2.24) is 9.97 Å². The number of nitrogens with zero attached hydrogens (tertiary/aromatic N) is 2. The van der Waals surface area contributed by atoms with Crippen LogP contribution in [0.2, 0.25) is 0 Å². The molecule has 1 saturated carbocycles. The van der Waals surface area contributed by atoms with Crippen LogP contribution in [0, 0.1) is 17.8 Å². The Hall–Kier alpha value is -2.74. The summed E-state index contributed by atoms with van der Waals surface area (Å²) in [5.74, 6) is 4.65. The zero-order chi connectivity index (χ0) is 18.4. The van der Waals surface area contributed by atoms with E-state index in [0.717, 1.165) is 5.56 Å². The van der Waals surface area contributed by atoms with Gasteiger partial charge in [0.25, 0.3) is 0 Å². The quantitative estimate of drug-likeness (QED) is 0.625. The second kappa shape index (κ2) is 8.09. The molecule has 1 aliphatic rings. The molecular formula is C21H21FN2O2. The molecule has 1 aliphatic carbocycles. The first-order valence-corrected chi connectivity index (χ1v) is 8.81. The first-order chi connectivity index (χ1) is 12.6. The van der Waals surface area contributed by atoms with E-state index in [9.17, 15) is 4.79 Å². The third kappa shape index (κ3) is 4.26. The van der Waals surface area contributed by atoms with E-state index in [1.807, 2.05) is 30.3 Å². The minimum absolute atomic E-state index is 0.160. The van der Waals surface area contributed by atoms with E-state index in [-0.39, 0.29) is 30.6 Å². The molecular weight excluding hydrogens is 331 g/mol. The number of hydrogen-bond acceptors (Lipinski definition) is 4. The average molecular weight is 352 g/mol. The van der Waals surface area contributed by atoms with Gasteiger partial charge >= 0.3 is 5.97 Å². The maximum absolute atomic E-state index is 15.4. The van der Waals surface area contributed by atoms with E-state index in [1.165, 1.54) is 12.4 Å². The SMILES string of the molecule is CCOC(=O)[C@@H]1CCC(F)(C#Cc2cnccn2)C[C@H]1c1ccccc1. The van der Waals surface area contributed by atoms with Gasteiger partial charge in [-0.25, -0.2) is 9.37 Å². The number of halogens is 1. The van der Waals surface area contributed by atoms with Gasteiger partial charge in [-0.2, -0.15) is 0 Å². The smallest absolute Gasteiger partial charge is 0.309 e. The van der Waals surface area contributed by atoms with Crippen LogP contribution < -0.4 is 0 Å². The topological polar surface area (TPSA) is 52.1 Å². The number of rotatable bonds is 3. The highest BCUT2D eigenvalue weighted by atomic mass is 19.1. The first kappa shape index (κ1) is 18.1. The van der Waals surface area contributed by atoms with Gasteiger partial charge in [0, 0.05) is 24.7 Å². The van der Waals surface area contributed by atoms with E-state index in [2.05, 4.69) is 21.8 Å². The predicted octanol–water partition coefficient (Wildman–Crippen LogP) is 3.68. The van der Waals surface area contributed by atoms with Crippen molar-refractivity contribution in [3.63, 3.8) is 0 Å². The van der Waals surface area contributed by atoms with Crippen LogP contribution in [0.4, 0.5) is 4.39 Å². The monoisotopic (exact) mass is 352 g/mol. The molecule has 0 saturated heterocycles. The second-order valence-corrected chi connectivity index (χ2v) is 6.42. The summed E-state index contributed by atoms with van der Waals surface area (Å²) in [6, 6.07) is 9.56. The van der Waals surface area contributed by atoms with Crippen LogP contribution in [0.25, 0.3) is 0 Å². The zero-order valence-corrected chi connectivity index (χ0v) is 14.7. The minimum Gasteiger partial charge on any atom is -0.466 e. The molecule has 3 rings (SSSR count). The van der Waals surface area contributed by atoms with E-state index < -0.39 is 5.67 Å². The fourth-order valence-electron chi connectivity index (χ4n) is 3.41. The summed E-state index contributed by atoms with van der Waals surface area (Å²) in [6.45, 7) is 2.11. The summed E-state index contributed by atoms with van der Waals surface area (Å²) in [5.41, 5.74) is -0.289. The number of carbonyl (C=O) groups is 1. The largest absolute Gasteiger partial charge is 0.466 e. The average Bonchev–Trinajstić information content (AvgIpc) is 2.68. The number of benzene rings is 1. The Morgan fingerprint density at radius 3 is 2.85 bits per heavy atom. The number of ether oxygens (including phenoxy) is 1. The molecule has 1 unspecified atom stereocenters. The standard InChI is InChI=1S/C21H21FN2O2/c1-2-26-20(25)18-9-11-21(22,10-8-17-15-23-12-13-24-17)14-19(18)16-6-4-3-5-7-16/h3-7,12-13,15,18-19H,2,9,11,14H2,1H3/t18-,19+,21?/m1/s1. The molecule has 1 aromatic carbocycles. The molecule has 0 N–H and O–H groups in total. The van der Waals surface area contributed by atoms with Crippen LogP contribution in [0.3, 0.4) is 0 Å². The molecule has 1 aromatic heterocycles. The molecule has 26 heavy (non-hydrogen) atoms. The number of alkyl halides is 1. The fourth-order valence-corrected chi connectivity index (χ4v) is 3.41. The van der Waals surface area contributed by atoms with Crippen molar-refractivity contribution in [2.24, 2.45) is 5.92 Å². The van der Waals surface area contributed by atoms with Crippen LogP contribution in [0.5, 0.6) is 0 Å². The van der Waals surface area contributed by atoms with Crippen molar-refractivity contribution >= 4 is 5.97 Å². The summed E-state index contributed by atoms with van der Waals surface area (Å²) >= 11 is 0. The Morgan fingerprint density at radius 2 is 2.15 bits per heavy atom. The van der Waals surface area contributed by atoms with Crippen molar-refractivity contribution in [2.45, 2.75) is 37.8 Å². The van der Waals surface area contributed by atoms with Crippen LogP contribution in [0.15, 0.2) is 48.9 Å². The molecule has 0 bridgehead atoms. The normalized spacial score (nSPS) is 25.0. The van der Waals surface area contributed by atoms with Crippen molar-refractivity contribution in [2.75, 3.05) is 6.61 Å². The molecule has 4 nitrogen and oxygen atoms in total. The molecule has 1 fully saturated rings. The lowest BCUT2D eigenvalue weighted by Crippen LogP contribution is -2.37. The number of esters is 1. The summed E-state index contributed by atoms with van der Waals surface area (Å²) in [5, 5.41) is 0. The van der Waals surface area contributed by atoms with Gasteiger partial charge in [-0.15, -0.1) is 0 Å². The maximum Gasteiger partial charge on any atom is 0.309 e. The fraction of sp³-hybridized carbons (Fsp3) is 0.381. The Morgan fingerprint density at radius 1 is 1.35 bits per heavy atom. The molecule has 0 aliphatic heterocycles. The number of aromatic nitrogens is 2. The highest BCUT2D eigenvalue weighted by molar-refractivity contribution is 5.74. The van der Waals surface area contributed by atoms with Crippen LogP contribution in [-0.4, -0.2) is 28.2 Å². The van der Waals surface area contributed by atoms with Gasteiger partial charge < -0.3 is 4.74 Å². The van der Waals surface area contributed by atoms with Gasteiger partial charge in [-0.3, -0.25) is 9.78 Å². The summed E-state index contributed by atoms with van der Waals surface area (Å²) < 4.78 is 20.7. The maximum atomic E-state index is 15.4. The molecule has 3 atom stereocenters. The number of carbonyl (C=O) groups excluding carboxylic acids is 1. The summed E-state index contributed by atoms with van der Waals surface area (Å²) in [4.78, 5) is 20.4. The van der Waals surface area contributed by atoms with E-state index in [0.29, 0.717) is 18.7 Å². The molecule has 2 aromatic rings. The van der Waals surface area contributed by atoms with Crippen LogP contribution >= 0.6 is 0 Å². The lowest BCUT2D eigenvalue weighted by atomic mass is 9.70. The van der Waals surface area contributed by atoms with Crippen LogP contribution in [-0.2, 0) is 9.53 Å². The Kier molecular flexibility index (Phi) is 5.62. The molecule has 5 heteroatoms. The first-order valence-electron chi connectivity index (χ1n) is 8.81. The third-order valence-electron chi connectivity index (χ3n) is 4.68. The van der Waals surface area contributed by atoms with Crippen LogP contribution in [0.1, 0.15) is 43.4 Å². The lowest BCUT2D eigenvalue weighted by molar-refractivity contribution is -0.150. The van der Waals surface area contributed by atoms with Gasteiger partial charge in [0.05, 0.1) is 18.7 Å². The molecule has 0 amide bonds. The van der Waals surface area contributed by atoms with Gasteiger partial charge in [0.1, 0.15) is 5.69 Å². The van der Waals surface area contributed by atoms with Crippen molar-refractivity contribution < 1.29 is 13.9 Å². The van der Waals surface area contributed by atoms with E-state index in [1.54, 1.807) is 13.1 Å². The van der Waals surface area contributed by atoms with Gasteiger partial charge in [0.15, 0.2) is 5.67 Å². The van der Waals surface area contributed by atoms with Crippen molar-refractivity contribution in [3.05, 3.63) is 60.2 Å². The van der Waals surface area contributed by atoms with Crippen molar-refractivity contribution in [1.29, 1.82) is 0 Å². The molecule has 0 radical (unpaired) electrons. The van der Waals surface area contributed by atoms with Gasteiger partial charge in [0.2, 0.25) is 0 Å². The van der Waals surface area contributed by atoms with Gasteiger partial charge in [-0.05, 0) is 31.2 Å². The minimum atomic E-state index is -1.67. The van der Waals surface area contributed by atoms with Crippen molar-refractivity contribution in [3.8, 4) is 11.8 Å². The summed E-state index contributed by atoms with van der Waals surface area (Å²) in [7, 11) is 0. The van der Waals surface area contributed by atoms with E-state index >= 15 is 4.39 Å². The Balaban J connectivity index is 1.86. The predicted molar refractivity (Wildman–Crippen MR) is 95.9 cm³/mol. The highest BCUT2D eigenvalue weighted by Gasteiger charge is 2.44. The lowest BCUT2D eigenvalue weighted by Gasteiger charge is -2.36. The third-order valence-corrected chi connectivity index (χ3v) is 4.68. The number of hydrogen-bond donors (Lipinski definition) is 0. The molecule has 1 heterocycles. The van der Waals surface area contributed by atoms with E-state index in [4.69, 9.17) is 4.74 Å². The second-order valence-electron chi connectivity index (χ2n) is 6.42. The highest BCUT2D eigenvalue weighted by Crippen LogP contribution is 2.44. The zero-order valence-electron chi connectivity index (χ0n) is 14.7. The Bertz CT molecular complexity index is 801. The summed E-state index contributed by atoms with van der Waals surface area (Å²) in [6.07, 6.45) is 5.35. The Labute approximate surface area is 152 Å². The molecule has 0 spiro atoms. The van der Waals surface area contributed by atoms with Gasteiger partial charge in [-0.1, -0.05) is 36.3 Å². The molecule has 134 valence electrons.